The van der Waals surface area contributed by atoms with Gasteiger partial charge < -0.3 is 10.1 Å². The molecule has 0 saturated carbocycles. The average Bonchev–Trinajstić information content (AvgIpc) is 3.39. The number of sulfone groups is 1. The van der Waals surface area contributed by atoms with Gasteiger partial charge in [-0.15, -0.1) is 11.3 Å². The number of ketones is 1. The van der Waals surface area contributed by atoms with Crippen molar-refractivity contribution in [2.24, 2.45) is 0 Å². The van der Waals surface area contributed by atoms with Gasteiger partial charge in [-0.25, -0.2) is 13.3 Å². The molecule has 1 N–H and O–H groups in total. The summed E-state index contributed by atoms with van der Waals surface area (Å²) < 4.78 is 30.7. The van der Waals surface area contributed by atoms with Gasteiger partial charge in [0.15, 0.2) is 15.6 Å². The first-order valence-corrected chi connectivity index (χ1v) is 16.2. The number of carbonyl (C=O) groups is 3. The van der Waals surface area contributed by atoms with E-state index in [1.807, 2.05) is 12.1 Å². The standard InChI is InChI=1S/C29H30ClN3O6S2/c30-26-8-9-28(40-26)41(37,38)19-24(34)16-20-2-5-23(6-3-20)33-27(35)18-21-17-22(4-7-25(21)29(33)36)31-10-1-11-32-12-14-39-15-13-32/h2-9,17,31H,1,10-16,18-19H2. The van der Waals surface area contributed by atoms with Gasteiger partial charge in [0.05, 0.1) is 29.7 Å². The first-order valence-electron chi connectivity index (χ1n) is 13.3. The quantitative estimate of drug-likeness (QED) is 0.256. The van der Waals surface area contributed by atoms with E-state index >= 15 is 0 Å². The number of fused-ring (bicyclic) bond motifs is 1. The van der Waals surface area contributed by atoms with E-state index in [1.165, 1.54) is 12.1 Å². The highest BCUT2D eigenvalue weighted by Gasteiger charge is 2.32. The maximum absolute atomic E-state index is 13.3. The topological polar surface area (TPSA) is 113 Å². The van der Waals surface area contributed by atoms with Gasteiger partial charge in [-0.2, -0.15) is 0 Å². The number of nitrogens with one attached hydrogen (secondary N) is 1. The summed E-state index contributed by atoms with van der Waals surface area (Å²) in [5, 5.41) is 3.39. The van der Waals surface area contributed by atoms with Gasteiger partial charge in [0, 0.05) is 37.3 Å². The zero-order valence-corrected chi connectivity index (χ0v) is 24.7. The monoisotopic (exact) mass is 615 g/mol. The van der Waals surface area contributed by atoms with Gasteiger partial charge in [-0.3, -0.25) is 19.3 Å². The number of nitrogens with zero attached hydrogens (tertiary/aromatic N) is 2. The van der Waals surface area contributed by atoms with E-state index in [0.29, 0.717) is 26.7 Å². The van der Waals surface area contributed by atoms with Gasteiger partial charge in [0.1, 0.15) is 9.96 Å². The van der Waals surface area contributed by atoms with Crippen LogP contribution in [-0.2, 0) is 37.0 Å². The molecule has 2 aliphatic heterocycles. The number of imide groups is 1. The highest BCUT2D eigenvalue weighted by Crippen LogP contribution is 2.29. The molecule has 1 fully saturated rings. The number of amides is 2. The van der Waals surface area contributed by atoms with Gasteiger partial charge in [-0.05, 0) is 66.6 Å². The number of morpholine rings is 1. The van der Waals surface area contributed by atoms with Crippen LogP contribution in [0.4, 0.5) is 11.4 Å². The predicted octanol–water partition coefficient (Wildman–Crippen LogP) is 3.85. The van der Waals surface area contributed by atoms with Crippen molar-refractivity contribution >= 4 is 61.7 Å². The van der Waals surface area contributed by atoms with Crippen molar-refractivity contribution in [3.63, 3.8) is 0 Å². The number of anilines is 2. The lowest BCUT2D eigenvalue weighted by molar-refractivity contribution is -0.118. The number of hydrogen-bond acceptors (Lipinski definition) is 9. The fraction of sp³-hybridized carbons (Fsp3) is 0.345. The highest BCUT2D eigenvalue weighted by atomic mass is 35.5. The van der Waals surface area contributed by atoms with E-state index in [2.05, 4.69) is 10.2 Å². The first-order chi connectivity index (χ1) is 19.7. The van der Waals surface area contributed by atoms with Crippen LogP contribution < -0.4 is 10.2 Å². The summed E-state index contributed by atoms with van der Waals surface area (Å²) in [5.74, 6) is -1.83. The van der Waals surface area contributed by atoms with Gasteiger partial charge in [-0.1, -0.05) is 23.7 Å². The molecule has 12 heteroatoms. The van der Waals surface area contributed by atoms with Crippen molar-refractivity contribution < 1.29 is 27.5 Å². The summed E-state index contributed by atoms with van der Waals surface area (Å²) in [7, 11) is -3.77. The number of rotatable bonds is 11. The molecule has 0 bridgehead atoms. The van der Waals surface area contributed by atoms with Crippen molar-refractivity contribution in [1.82, 2.24) is 4.90 Å². The number of benzene rings is 2. The zero-order chi connectivity index (χ0) is 29.0. The van der Waals surface area contributed by atoms with Crippen molar-refractivity contribution in [3.05, 3.63) is 75.6 Å². The minimum atomic E-state index is -3.77. The van der Waals surface area contributed by atoms with Crippen LogP contribution in [0.3, 0.4) is 0 Å². The Hall–Kier alpha value is -3.09. The molecule has 3 aromatic rings. The Bertz CT molecular complexity index is 1550. The van der Waals surface area contributed by atoms with Crippen LogP contribution in [0.5, 0.6) is 0 Å². The molecule has 0 radical (unpaired) electrons. The molecule has 0 aliphatic carbocycles. The average molecular weight is 616 g/mol. The van der Waals surface area contributed by atoms with Gasteiger partial charge in [0.2, 0.25) is 5.91 Å². The van der Waals surface area contributed by atoms with Gasteiger partial charge in [0.25, 0.3) is 5.91 Å². The largest absolute Gasteiger partial charge is 0.385 e. The van der Waals surface area contributed by atoms with Crippen LogP contribution in [-0.4, -0.2) is 76.1 Å². The summed E-state index contributed by atoms with van der Waals surface area (Å²) in [6.07, 6.45) is 0.977. The maximum atomic E-state index is 13.3. The zero-order valence-electron chi connectivity index (χ0n) is 22.3. The molecule has 0 spiro atoms. The lowest BCUT2D eigenvalue weighted by Crippen LogP contribution is -2.42. The van der Waals surface area contributed by atoms with E-state index in [9.17, 15) is 22.8 Å². The lowest BCUT2D eigenvalue weighted by atomic mass is 9.97. The third kappa shape index (κ3) is 7.22. The Morgan fingerprint density at radius 2 is 1.78 bits per heavy atom. The minimum Gasteiger partial charge on any atom is -0.385 e. The molecule has 2 aromatic carbocycles. The van der Waals surface area contributed by atoms with Crippen LogP contribution in [0, 0.1) is 0 Å². The second-order valence-electron chi connectivity index (χ2n) is 10.0. The molecule has 41 heavy (non-hydrogen) atoms. The summed E-state index contributed by atoms with van der Waals surface area (Å²) in [5.41, 5.74) is 3.01. The fourth-order valence-electron chi connectivity index (χ4n) is 4.95. The van der Waals surface area contributed by atoms with Gasteiger partial charge >= 0.3 is 0 Å². The van der Waals surface area contributed by atoms with Crippen molar-refractivity contribution in [2.75, 3.05) is 55.4 Å². The first kappa shape index (κ1) is 29.4. The van der Waals surface area contributed by atoms with E-state index in [1.54, 1.807) is 30.3 Å². The minimum absolute atomic E-state index is 0.0558. The second-order valence-corrected chi connectivity index (χ2v) is 13.9. The summed E-state index contributed by atoms with van der Waals surface area (Å²) in [6.45, 7) is 5.24. The predicted molar refractivity (Wildman–Crippen MR) is 159 cm³/mol. The molecule has 216 valence electrons. The molecular formula is C29H30ClN3O6S2. The number of thiophene rings is 1. The normalized spacial score (nSPS) is 16.1. The van der Waals surface area contributed by atoms with Crippen LogP contribution in [0.1, 0.15) is 27.9 Å². The van der Waals surface area contributed by atoms with E-state index < -0.39 is 27.3 Å². The number of Topliss-reactive ketones (excluding diaryl/α,β-unsaturated/α-hetero) is 1. The molecule has 1 aromatic heterocycles. The molecule has 2 amide bonds. The van der Waals surface area contributed by atoms with E-state index in [4.69, 9.17) is 16.3 Å². The second kappa shape index (κ2) is 12.8. The molecule has 0 atom stereocenters. The van der Waals surface area contributed by atoms with Crippen molar-refractivity contribution in [3.8, 4) is 0 Å². The SMILES string of the molecule is O=C(Cc1ccc(N2C(=O)Cc3cc(NCCCN4CCOCC4)ccc3C2=O)cc1)CS(=O)(=O)c1ccc(Cl)s1. The van der Waals surface area contributed by atoms with Crippen LogP contribution >= 0.6 is 22.9 Å². The van der Waals surface area contributed by atoms with Crippen molar-refractivity contribution in [2.45, 2.75) is 23.5 Å². The Morgan fingerprint density at radius 1 is 1.02 bits per heavy atom. The smallest absolute Gasteiger partial charge is 0.265 e. The Morgan fingerprint density at radius 3 is 2.49 bits per heavy atom. The third-order valence-electron chi connectivity index (χ3n) is 7.02. The summed E-state index contributed by atoms with van der Waals surface area (Å²) in [4.78, 5) is 42.3. The number of halogens is 1. The molecule has 0 unspecified atom stereocenters. The molecule has 2 aliphatic rings. The molecule has 3 heterocycles. The fourth-order valence-corrected chi connectivity index (χ4v) is 7.76. The van der Waals surface area contributed by atoms with E-state index in [-0.39, 0.29) is 23.0 Å². The Balaban J connectivity index is 1.17. The summed E-state index contributed by atoms with van der Waals surface area (Å²) >= 11 is 6.74. The molecule has 1 saturated heterocycles. The van der Waals surface area contributed by atoms with E-state index in [0.717, 1.165) is 67.7 Å². The highest BCUT2D eigenvalue weighted by molar-refractivity contribution is 7.94. The number of hydrogen-bond donors (Lipinski definition) is 1. The third-order valence-corrected chi connectivity index (χ3v) is 10.5. The van der Waals surface area contributed by atoms with Crippen LogP contribution in [0.2, 0.25) is 4.34 Å². The van der Waals surface area contributed by atoms with Crippen molar-refractivity contribution in [1.29, 1.82) is 0 Å². The molecular weight excluding hydrogens is 586 g/mol. The van der Waals surface area contributed by atoms with Crippen LogP contribution in [0.15, 0.2) is 58.8 Å². The Kier molecular flexibility index (Phi) is 9.20. The van der Waals surface area contributed by atoms with Crippen LogP contribution in [0.25, 0.3) is 0 Å². The molecule has 5 rings (SSSR count). The maximum Gasteiger partial charge on any atom is 0.265 e. The lowest BCUT2D eigenvalue weighted by Gasteiger charge is -2.27. The number of ether oxygens (including phenoxy) is 1. The molecule has 9 nitrogen and oxygen atoms in total. The summed E-state index contributed by atoms with van der Waals surface area (Å²) in [6, 6.07) is 14.8. The number of carbonyl (C=O) groups excluding carboxylic acids is 3. The Labute approximate surface area is 248 Å².